The maximum atomic E-state index is 9.05. The molecule has 0 radical (unpaired) electrons. The van der Waals surface area contributed by atoms with E-state index in [1.165, 1.54) is 18.4 Å². The molecule has 52 valence electrons. The molecule has 1 aliphatic rings. The molecule has 0 aromatic rings. The van der Waals surface area contributed by atoms with Crippen LogP contribution in [0.1, 0.15) is 32.6 Å². The van der Waals surface area contributed by atoms with Gasteiger partial charge in [0.15, 0.2) is 0 Å². The van der Waals surface area contributed by atoms with E-state index in [4.69, 9.17) is 5.11 Å². The number of hydrogen-bond donors (Lipinski definition) is 1. The summed E-state index contributed by atoms with van der Waals surface area (Å²) in [5, 5.41) is 9.05. The number of rotatable bonds is 2. The van der Waals surface area contributed by atoms with Crippen molar-refractivity contribution in [1.82, 2.24) is 0 Å². The van der Waals surface area contributed by atoms with Gasteiger partial charge < -0.3 is 5.11 Å². The summed E-state index contributed by atoms with van der Waals surface area (Å²) in [5.41, 5.74) is 1.45. The minimum Gasteiger partial charge on any atom is -0.389 e. The van der Waals surface area contributed by atoms with Crippen LogP contribution in [-0.4, -0.2) is 11.2 Å². The molecule has 0 aromatic carbocycles. The molecule has 1 nitrogen and oxygen atoms in total. The smallest absolute Gasteiger partial charge is 0.0726 e. The molecule has 0 bridgehead atoms. The van der Waals surface area contributed by atoms with Gasteiger partial charge in [-0.3, -0.25) is 0 Å². The van der Waals surface area contributed by atoms with Gasteiger partial charge in [0, 0.05) is 0 Å². The van der Waals surface area contributed by atoms with Gasteiger partial charge in [0.1, 0.15) is 0 Å². The van der Waals surface area contributed by atoms with Crippen molar-refractivity contribution in [2.45, 2.75) is 38.7 Å². The van der Waals surface area contributed by atoms with Crippen LogP contribution >= 0.6 is 0 Å². The Morgan fingerprint density at radius 2 is 2.56 bits per heavy atom. The molecule has 0 saturated carbocycles. The van der Waals surface area contributed by atoms with Crippen LogP contribution in [-0.2, 0) is 0 Å². The Hall–Kier alpha value is -0.300. The number of allylic oxidation sites excluding steroid dienone is 1. The van der Waals surface area contributed by atoms with E-state index in [1.54, 1.807) is 0 Å². The second kappa shape index (κ2) is 3.02. The molecule has 1 atom stereocenters. The van der Waals surface area contributed by atoms with Crippen LogP contribution < -0.4 is 0 Å². The first-order valence-corrected chi connectivity index (χ1v) is 3.70. The Morgan fingerprint density at radius 1 is 1.78 bits per heavy atom. The summed E-state index contributed by atoms with van der Waals surface area (Å²) in [4.78, 5) is 0. The van der Waals surface area contributed by atoms with E-state index in [9.17, 15) is 0 Å². The molecule has 0 saturated heterocycles. The van der Waals surface area contributed by atoms with Crippen molar-refractivity contribution >= 4 is 0 Å². The second-order valence-electron chi connectivity index (χ2n) is 2.68. The van der Waals surface area contributed by atoms with Gasteiger partial charge in [-0.2, -0.15) is 0 Å². The van der Waals surface area contributed by atoms with Crippen LogP contribution in [0, 0.1) is 0 Å². The van der Waals surface area contributed by atoms with Gasteiger partial charge in [-0.1, -0.05) is 25.0 Å². The zero-order valence-corrected chi connectivity index (χ0v) is 5.93. The van der Waals surface area contributed by atoms with Gasteiger partial charge in [0.05, 0.1) is 6.10 Å². The van der Waals surface area contributed by atoms with Crippen LogP contribution in [0.2, 0.25) is 0 Å². The summed E-state index contributed by atoms with van der Waals surface area (Å²) in [7, 11) is 0. The van der Waals surface area contributed by atoms with Gasteiger partial charge >= 0.3 is 0 Å². The molecule has 0 aliphatic heterocycles. The predicted molar refractivity (Wildman–Crippen MR) is 38.2 cm³/mol. The van der Waals surface area contributed by atoms with Crippen molar-refractivity contribution in [2.75, 3.05) is 0 Å². The van der Waals surface area contributed by atoms with Crippen LogP contribution in [0.15, 0.2) is 11.6 Å². The third-order valence-corrected chi connectivity index (χ3v) is 1.76. The summed E-state index contributed by atoms with van der Waals surface area (Å²) in [6, 6.07) is 0. The standard InChI is InChI=1S/C8H14O/c1-2-3-7-4-5-8(9)6-7/h6,8-9H,2-5H2,1H3/t8-/m1/s1. The van der Waals surface area contributed by atoms with Gasteiger partial charge in [-0.05, 0) is 19.3 Å². The lowest BCUT2D eigenvalue weighted by Crippen LogP contribution is -1.93. The zero-order valence-electron chi connectivity index (χ0n) is 5.93. The third-order valence-electron chi connectivity index (χ3n) is 1.76. The van der Waals surface area contributed by atoms with Crippen molar-refractivity contribution < 1.29 is 5.11 Å². The fourth-order valence-corrected chi connectivity index (χ4v) is 1.30. The lowest BCUT2D eigenvalue weighted by molar-refractivity contribution is 0.223. The molecule has 0 heterocycles. The first-order chi connectivity index (χ1) is 4.33. The van der Waals surface area contributed by atoms with Crippen LogP contribution in [0.4, 0.5) is 0 Å². The minimum absolute atomic E-state index is 0.133. The van der Waals surface area contributed by atoms with Crippen molar-refractivity contribution in [3.63, 3.8) is 0 Å². The average Bonchev–Trinajstić information content (AvgIpc) is 2.17. The molecule has 0 unspecified atom stereocenters. The quantitative estimate of drug-likeness (QED) is 0.560. The Balaban J connectivity index is 2.33. The zero-order chi connectivity index (χ0) is 6.69. The molecule has 0 spiro atoms. The Labute approximate surface area is 56.4 Å². The third kappa shape index (κ3) is 1.83. The lowest BCUT2D eigenvalue weighted by atomic mass is 10.1. The topological polar surface area (TPSA) is 20.2 Å². The Morgan fingerprint density at radius 3 is 3.00 bits per heavy atom. The monoisotopic (exact) mass is 126 g/mol. The summed E-state index contributed by atoms with van der Waals surface area (Å²) in [6.07, 6.45) is 6.33. The maximum Gasteiger partial charge on any atom is 0.0726 e. The molecule has 1 rings (SSSR count). The maximum absolute atomic E-state index is 9.05. The van der Waals surface area contributed by atoms with E-state index in [1.807, 2.05) is 6.08 Å². The summed E-state index contributed by atoms with van der Waals surface area (Å²) in [5.74, 6) is 0. The number of aliphatic hydroxyl groups excluding tert-OH is 1. The van der Waals surface area contributed by atoms with Gasteiger partial charge in [0.2, 0.25) is 0 Å². The molecule has 0 aromatic heterocycles. The molecule has 1 heteroatoms. The average molecular weight is 126 g/mol. The van der Waals surface area contributed by atoms with Crippen LogP contribution in [0.3, 0.4) is 0 Å². The largest absolute Gasteiger partial charge is 0.389 e. The fourth-order valence-electron chi connectivity index (χ4n) is 1.30. The molecular formula is C8H14O. The number of aliphatic hydroxyl groups is 1. The lowest BCUT2D eigenvalue weighted by Gasteiger charge is -1.93. The molecule has 0 fully saturated rings. The van der Waals surface area contributed by atoms with E-state index < -0.39 is 0 Å². The van der Waals surface area contributed by atoms with Crippen molar-refractivity contribution in [1.29, 1.82) is 0 Å². The Kier molecular flexibility index (Phi) is 2.29. The normalized spacial score (nSPS) is 26.4. The second-order valence-corrected chi connectivity index (χ2v) is 2.68. The minimum atomic E-state index is -0.133. The van der Waals surface area contributed by atoms with Gasteiger partial charge in [-0.15, -0.1) is 0 Å². The number of hydrogen-bond acceptors (Lipinski definition) is 1. The first-order valence-electron chi connectivity index (χ1n) is 3.70. The molecule has 0 amide bonds. The van der Waals surface area contributed by atoms with E-state index in [2.05, 4.69) is 6.92 Å². The Bertz CT molecular complexity index is 116. The summed E-state index contributed by atoms with van der Waals surface area (Å²) >= 11 is 0. The van der Waals surface area contributed by atoms with Crippen molar-refractivity contribution in [3.05, 3.63) is 11.6 Å². The first kappa shape index (κ1) is 6.81. The van der Waals surface area contributed by atoms with E-state index in [-0.39, 0.29) is 6.10 Å². The predicted octanol–water partition coefficient (Wildman–Crippen LogP) is 1.87. The SMILES string of the molecule is CCCC1=C[C@H](O)CC1. The molecule has 1 N–H and O–H groups in total. The van der Waals surface area contributed by atoms with E-state index in [0.717, 1.165) is 12.8 Å². The van der Waals surface area contributed by atoms with Crippen LogP contribution in [0.25, 0.3) is 0 Å². The highest BCUT2D eigenvalue weighted by Gasteiger charge is 2.10. The highest BCUT2D eigenvalue weighted by molar-refractivity contribution is 5.11. The molecular weight excluding hydrogens is 112 g/mol. The molecule has 9 heavy (non-hydrogen) atoms. The fraction of sp³-hybridized carbons (Fsp3) is 0.750. The molecule has 1 aliphatic carbocycles. The van der Waals surface area contributed by atoms with Crippen molar-refractivity contribution in [3.8, 4) is 0 Å². The summed E-state index contributed by atoms with van der Waals surface area (Å²) < 4.78 is 0. The highest BCUT2D eigenvalue weighted by Crippen LogP contribution is 2.21. The van der Waals surface area contributed by atoms with Gasteiger partial charge in [-0.25, -0.2) is 0 Å². The van der Waals surface area contributed by atoms with Crippen LogP contribution in [0.5, 0.6) is 0 Å². The van der Waals surface area contributed by atoms with E-state index >= 15 is 0 Å². The van der Waals surface area contributed by atoms with Gasteiger partial charge in [0.25, 0.3) is 0 Å². The highest BCUT2D eigenvalue weighted by atomic mass is 16.3. The summed E-state index contributed by atoms with van der Waals surface area (Å²) in [6.45, 7) is 2.17. The van der Waals surface area contributed by atoms with E-state index in [0.29, 0.717) is 0 Å². The van der Waals surface area contributed by atoms with Crippen molar-refractivity contribution in [2.24, 2.45) is 0 Å².